The van der Waals surface area contributed by atoms with Crippen molar-refractivity contribution in [3.8, 4) is 17.2 Å². The molecule has 0 bridgehead atoms. The Hall–Kier alpha value is -3.22. The third-order valence-electron chi connectivity index (χ3n) is 3.75. The van der Waals surface area contributed by atoms with Gasteiger partial charge in [-0.25, -0.2) is 4.79 Å². The second kappa shape index (κ2) is 8.75. The van der Waals surface area contributed by atoms with Crippen LogP contribution in [0.25, 0.3) is 0 Å². The molecule has 7 nitrogen and oxygen atoms in total. The Labute approximate surface area is 151 Å². The molecule has 2 rings (SSSR count). The van der Waals surface area contributed by atoms with Crippen LogP contribution in [0.5, 0.6) is 17.2 Å². The second-order valence-corrected chi connectivity index (χ2v) is 5.52. The molecule has 0 saturated carbocycles. The van der Waals surface area contributed by atoms with Gasteiger partial charge in [-0.1, -0.05) is 0 Å². The topological polar surface area (TPSA) is 94.1 Å². The normalized spacial score (nSPS) is 11.3. The molecule has 0 aliphatic rings. The van der Waals surface area contributed by atoms with E-state index in [0.717, 1.165) is 5.56 Å². The standard InChI is InChI=1S/C19H21NO6/c1-12(16-10-15(24-2)8-9-17(16)25-3)20-18(21)11-26-14-6-4-13(5-7-14)19(22)23/h4-10,12H,11H2,1-3H3,(H,20,21)(H,22,23)/t12-/m1/s1. The number of ether oxygens (including phenoxy) is 3. The molecule has 7 heteroatoms. The van der Waals surface area contributed by atoms with E-state index >= 15 is 0 Å². The largest absolute Gasteiger partial charge is 0.497 e. The van der Waals surface area contributed by atoms with Crippen molar-refractivity contribution in [2.75, 3.05) is 20.8 Å². The zero-order valence-electron chi connectivity index (χ0n) is 14.8. The number of hydrogen-bond donors (Lipinski definition) is 2. The Morgan fingerprint density at radius 3 is 2.27 bits per heavy atom. The van der Waals surface area contributed by atoms with E-state index in [2.05, 4.69) is 5.32 Å². The highest BCUT2D eigenvalue weighted by Crippen LogP contribution is 2.29. The minimum absolute atomic E-state index is 0.153. The molecular weight excluding hydrogens is 338 g/mol. The Morgan fingerprint density at radius 2 is 1.69 bits per heavy atom. The van der Waals surface area contributed by atoms with Gasteiger partial charge in [0.1, 0.15) is 17.2 Å². The minimum Gasteiger partial charge on any atom is -0.497 e. The summed E-state index contributed by atoms with van der Waals surface area (Å²) in [5.74, 6) is 0.386. The summed E-state index contributed by atoms with van der Waals surface area (Å²) in [7, 11) is 3.13. The summed E-state index contributed by atoms with van der Waals surface area (Å²) in [4.78, 5) is 22.9. The second-order valence-electron chi connectivity index (χ2n) is 5.52. The fourth-order valence-corrected chi connectivity index (χ4v) is 2.38. The van der Waals surface area contributed by atoms with Gasteiger partial charge in [-0.05, 0) is 49.4 Å². The number of carbonyl (C=O) groups excluding carboxylic acids is 1. The first-order valence-corrected chi connectivity index (χ1v) is 7.92. The van der Waals surface area contributed by atoms with Crippen molar-refractivity contribution in [1.29, 1.82) is 0 Å². The number of rotatable bonds is 8. The first-order chi connectivity index (χ1) is 12.4. The molecule has 0 saturated heterocycles. The van der Waals surface area contributed by atoms with Crippen LogP contribution < -0.4 is 19.5 Å². The Morgan fingerprint density at radius 1 is 1.04 bits per heavy atom. The van der Waals surface area contributed by atoms with E-state index in [-0.39, 0.29) is 24.1 Å². The molecule has 1 atom stereocenters. The van der Waals surface area contributed by atoms with Crippen LogP contribution >= 0.6 is 0 Å². The van der Waals surface area contributed by atoms with Crippen molar-refractivity contribution in [2.45, 2.75) is 13.0 Å². The minimum atomic E-state index is -1.02. The van der Waals surface area contributed by atoms with Gasteiger partial charge >= 0.3 is 5.97 Å². The van der Waals surface area contributed by atoms with Gasteiger partial charge in [0, 0.05) is 5.56 Å². The van der Waals surface area contributed by atoms with Gasteiger partial charge in [0.2, 0.25) is 0 Å². The molecule has 0 spiro atoms. The highest BCUT2D eigenvalue weighted by molar-refractivity contribution is 5.87. The SMILES string of the molecule is COc1ccc(OC)c([C@@H](C)NC(=O)COc2ccc(C(=O)O)cc2)c1. The van der Waals surface area contributed by atoms with Crippen molar-refractivity contribution in [2.24, 2.45) is 0 Å². The average molecular weight is 359 g/mol. The molecule has 0 aliphatic heterocycles. The lowest BCUT2D eigenvalue weighted by Gasteiger charge is -2.18. The third kappa shape index (κ3) is 4.89. The number of methoxy groups -OCH3 is 2. The number of aromatic carboxylic acids is 1. The molecule has 0 fully saturated rings. The molecule has 0 unspecified atom stereocenters. The predicted octanol–water partition coefficient (Wildman–Crippen LogP) is 2.66. The van der Waals surface area contributed by atoms with Gasteiger partial charge in [0.05, 0.1) is 25.8 Å². The molecule has 26 heavy (non-hydrogen) atoms. The molecule has 2 N–H and O–H groups in total. The molecular formula is C19H21NO6. The average Bonchev–Trinajstić information content (AvgIpc) is 2.66. The third-order valence-corrected chi connectivity index (χ3v) is 3.75. The van der Waals surface area contributed by atoms with E-state index in [4.69, 9.17) is 19.3 Å². The van der Waals surface area contributed by atoms with Gasteiger partial charge in [-0.2, -0.15) is 0 Å². The summed E-state index contributed by atoms with van der Waals surface area (Å²) in [6.07, 6.45) is 0. The highest BCUT2D eigenvalue weighted by atomic mass is 16.5. The lowest BCUT2D eigenvalue weighted by atomic mass is 10.1. The first kappa shape index (κ1) is 19.1. The Balaban J connectivity index is 1.95. The van der Waals surface area contributed by atoms with Crippen LogP contribution in [0.2, 0.25) is 0 Å². The van der Waals surface area contributed by atoms with Gasteiger partial charge in [-0.3, -0.25) is 4.79 Å². The fraction of sp³-hybridized carbons (Fsp3) is 0.263. The quantitative estimate of drug-likeness (QED) is 0.753. The van der Waals surface area contributed by atoms with Crippen LogP contribution in [0.15, 0.2) is 42.5 Å². The predicted molar refractivity (Wildman–Crippen MR) is 95.0 cm³/mol. The number of carboxylic acids is 1. The van der Waals surface area contributed by atoms with Crippen molar-refractivity contribution in [3.05, 3.63) is 53.6 Å². The summed E-state index contributed by atoms with van der Waals surface area (Å²) in [6, 6.07) is 10.9. The zero-order chi connectivity index (χ0) is 19.1. The lowest BCUT2D eigenvalue weighted by Crippen LogP contribution is -2.31. The zero-order valence-corrected chi connectivity index (χ0v) is 14.8. The van der Waals surface area contributed by atoms with E-state index in [9.17, 15) is 9.59 Å². The van der Waals surface area contributed by atoms with Crippen molar-refractivity contribution >= 4 is 11.9 Å². The van der Waals surface area contributed by atoms with Crippen LogP contribution in [0.4, 0.5) is 0 Å². The van der Waals surface area contributed by atoms with Crippen molar-refractivity contribution in [3.63, 3.8) is 0 Å². The van der Waals surface area contributed by atoms with E-state index in [1.807, 2.05) is 6.92 Å². The summed E-state index contributed by atoms with van der Waals surface area (Å²) >= 11 is 0. The maximum atomic E-state index is 12.1. The Kier molecular flexibility index (Phi) is 6.43. The van der Waals surface area contributed by atoms with Gasteiger partial charge in [0.15, 0.2) is 6.61 Å². The molecule has 1 amide bonds. The van der Waals surface area contributed by atoms with Crippen LogP contribution in [0.1, 0.15) is 28.9 Å². The van der Waals surface area contributed by atoms with Crippen molar-refractivity contribution < 1.29 is 28.9 Å². The summed E-state index contributed by atoms with van der Waals surface area (Å²) in [5.41, 5.74) is 0.937. The monoisotopic (exact) mass is 359 g/mol. The lowest BCUT2D eigenvalue weighted by molar-refractivity contribution is -0.123. The number of carbonyl (C=O) groups is 2. The first-order valence-electron chi connectivity index (χ1n) is 7.92. The van der Waals surface area contributed by atoms with Gasteiger partial charge in [0.25, 0.3) is 5.91 Å². The molecule has 138 valence electrons. The van der Waals surface area contributed by atoms with Crippen LogP contribution in [0, 0.1) is 0 Å². The highest BCUT2D eigenvalue weighted by Gasteiger charge is 2.15. The summed E-state index contributed by atoms with van der Waals surface area (Å²) in [6.45, 7) is 1.64. The number of hydrogen-bond acceptors (Lipinski definition) is 5. The van der Waals surface area contributed by atoms with Gasteiger partial charge < -0.3 is 24.6 Å². The smallest absolute Gasteiger partial charge is 0.335 e. The molecule has 2 aromatic carbocycles. The number of benzene rings is 2. The van der Waals surface area contributed by atoms with E-state index in [1.54, 1.807) is 32.4 Å². The van der Waals surface area contributed by atoms with Crippen LogP contribution in [0.3, 0.4) is 0 Å². The van der Waals surface area contributed by atoms with Crippen LogP contribution in [-0.4, -0.2) is 37.8 Å². The number of nitrogens with one attached hydrogen (secondary N) is 1. The number of amides is 1. The molecule has 2 aromatic rings. The maximum Gasteiger partial charge on any atom is 0.335 e. The summed E-state index contributed by atoms with van der Waals surface area (Å²) < 4.78 is 15.9. The van der Waals surface area contributed by atoms with Crippen LogP contribution in [-0.2, 0) is 4.79 Å². The molecule has 0 aliphatic carbocycles. The molecule has 0 radical (unpaired) electrons. The maximum absolute atomic E-state index is 12.1. The van der Waals surface area contributed by atoms with Crippen molar-refractivity contribution in [1.82, 2.24) is 5.32 Å². The van der Waals surface area contributed by atoms with E-state index < -0.39 is 5.97 Å². The molecule has 0 aromatic heterocycles. The fourth-order valence-electron chi connectivity index (χ4n) is 2.38. The molecule has 0 heterocycles. The Bertz CT molecular complexity index is 772. The number of carboxylic acid groups (broad SMARTS) is 1. The summed E-state index contributed by atoms with van der Waals surface area (Å²) in [5, 5.41) is 11.7. The van der Waals surface area contributed by atoms with E-state index in [1.165, 1.54) is 24.3 Å². The van der Waals surface area contributed by atoms with Gasteiger partial charge in [-0.15, -0.1) is 0 Å². The van der Waals surface area contributed by atoms with E-state index in [0.29, 0.717) is 17.2 Å².